The third-order valence-electron chi connectivity index (χ3n) is 3.76. The molecule has 1 rings (SSSR count). The van der Waals surface area contributed by atoms with Crippen LogP contribution in [0.15, 0.2) is 0 Å². The van der Waals surface area contributed by atoms with Crippen molar-refractivity contribution in [1.29, 1.82) is 0 Å². The van der Waals surface area contributed by atoms with E-state index < -0.39 is 5.97 Å². The van der Waals surface area contributed by atoms with Gasteiger partial charge in [0.2, 0.25) is 0 Å². The molecule has 2 amide bonds. The number of carboxylic acids is 1. The number of aliphatic carboxylic acids is 1. The second-order valence-electron chi connectivity index (χ2n) is 7.11. The summed E-state index contributed by atoms with van der Waals surface area (Å²) < 4.78 is 0. The summed E-state index contributed by atoms with van der Waals surface area (Å²) in [6, 6.07) is -0.668. The van der Waals surface area contributed by atoms with Gasteiger partial charge in [0, 0.05) is 11.6 Å². The van der Waals surface area contributed by atoms with Crippen LogP contribution in [0.4, 0.5) is 4.79 Å². The maximum absolute atomic E-state index is 12.0. The fraction of sp³-hybridized carbons (Fsp3) is 0.857. The van der Waals surface area contributed by atoms with Crippen LogP contribution < -0.4 is 10.6 Å². The lowest BCUT2D eigenvalue weighted by atomic mass is 9.85. The summed E-state index contributed by atoms with van der Waals surface area (Å²) in [5, 5.41) is 14.7. The van der Waals surface area contributed by atoms with Crippen LogP contribution in [0.3, 0.4) is 0 Å². The fourth-order valence-corrected chi connectivity index (χ4v) is 2.14. The second-order valence-corrected chi connectivity index (χ2v) is 7.11. The molecule has 1 aliphatic rings. The molecule has 0 spiro atoms. The van der Waals surface area contributed by atoms with E-state index in [-0.39, 0.29) is 29.4 Å². The number of carboxylic acid groups (broad SMARTS) is 1. The van der Waals surface area contributed by atoms with E-state index in [9.17, 15) is 9.59 Å². The van der Waals surface area contributed by atoms with Gasteiger partial charge in [-0.25, -0.2) is 4.79 Å². The molecule has 0 aromatic heterocycles. The number of carbonyl (C=O) groups excluding carboxylic acids is 1. The van der Waals surface area contributed by atoms with Crippen LogP contribution in [-0.4, -0.2) is 28.7 Å². The van der Waals surface area contributed by atoms with Crippen molar-refractivity contribution in [1.82, 2.24) is 10.6 Å². The first-order chi connectivity index (χ1) is 8.52. The topological polar surface area (TPSA) is 78.4 Å². The number of hydrogen-bond donors (Lipinski definition) is 3. The zero-order valence-electron chi connectivity index (χ0n) is 12.5. The monoisotopic (exact) mass is 270 g/mol. The van der Waals surface area contributed by atoms with Crippen molar-refractivity contribution >= 4 is 12.0 Å². The fourth-order valence-electron chi connectivity index (χ4n) is 2.14. The molecule has 5 heteroatoms. The quantitative estimate of drug-likeness (QED) is 0.717. The molecule has 1 aliphatic carbocycles. The summed E-state index contributed by atoms with van der Waals surface area (Å²) in [5.74, 6) is -0.368. The zero-order valence-corrected chi connectivity index (χ0v) is 12.5. The first-order valence-corrected chi connectivity index (χ1v) is 6.83. The summed E-state index contributed by atoms with van der Waals surface area (Å²) in [5.41, 5.74) is -0.519. The summed E-state index contributed by atoms with van der Waals surface area (Å²) in [6.45, 7) is 9.79. The molecule has 0 heterocycles. The molecule has 1 atom stereocenters. The Kier molecular flexibility index (Phi) is 4.48. The van der Waals surface area contributed by atoms with Gasteiger partial charge in [-0.15, -0.1) is 0 Å². The van der Waals surface area contributed by atoms with Gasteiger partial charge >= 0.3 is 12.0 Å². The van der Waals surface area contributed by atoms with Crippen molar-refractivity contribution in [3.63, 3.8) is 0 Å². The Morgan fingerprint density at radius 1 is 1.21 bits per heavy atom. The number of hydrogen-bond acceptors (Lipinski definition) is 2. The minimum Gasteiger partial charge on any atom is -0.481 e. The van der Waals surface area contributed by atoms with E-state index in [0.29, 0.717) is 5.92 Å². The third-order valence-corrected chi connectivity index (χ3v) is 3.76. The Morgan fingerprint density at radius 2 is 1.74 bits per heavy atom. The Bertz CT molecular complexity index is 354. The Hall–Kier alpha value is -1.26. The molecule has 0 saturated heterocycles. The van der Waals surface area contributed by atoms with Gasteiger partial charge in [-0.05, 0) is 38.0 Å². The van der Waals surface area contributed by atoms with Gasteiger partial charge in [0.25, 0.3) is 0 Å². The van der Waals surface area contributed by atoms with Crippen LogP contribution in [0.2, 0.25) is 0 Å². The van der Waals surface area contributed by atoms with Crippen LogP contribution in [-0.2, 0) is 4.79 Å². The van der Waals surface area contributed by atoms with E-state index in [1.54, 1.807) is 0 Å². The number of rotatable bonds is 5. The molecular formula is C14H26N2O3. The molecule has 5 nitrogen and oxygen atoms in total. The Labute approximate surface area is 115 Å². The highest BCUT2D eigenvalue weighted by Crippen LogP contribution is 2.39. The molecule has 1 fully saturated rings. The normalized spacial score (nSPS) is 17.7. The lowest BCUT2D eigenvalue weighted by molar-refractivity contribution is -0.138. The minimum absolute atomic E-state index is 0.0687. The van der Waals surface area contributed by atoms with Crippen LogP contribution >= 0.6 is 0 Å². The maximum atomic E-state index is 12.0. The summed E-state index contributed by atoms with van der Waals surface area (Å²) >= 11 is 0. The number of urea groups is 1. The van der Waals surface area contributed by atoms with Gasteiger partial charge in [0.15, 0.2) is 0 Å². The summed E-state index contributed by atoms with van der Waals surface area (Å²) in [6.07, 6.45) is 2.22. The molecule has 110 valence electrons. The molecule has 1 saturated carbocycles. The molecule has 0 bridgehead atoms. The molecule has 0 aromatic rings. The molecule has 0 radical (unpaired) electrons. The van der Waals surface area contributed by atoms with Crippen molar-refractivity contribution < 1.29 is 14.7 Å². The Morgan fingerprint density at radius 3 is 2.11 bits per heavy atom. The van der Waals surface area contributed by atoms with Gasteiger partial charge in [0.05, 0.1) is 6.42 Å². The largest absolute Gasteiger partial charge is 0.481 e. The molecule has 0 aromatic carbocycles. The molecule has 3 N–H and O–H groups in total. The second kappa shape index (κ2) is 5.39. The summed E-state index contributed by atoms with van der Waals surface area (Å²) in [4.78, 5) is 22.9. The third kappa shape index (κ3) is 5.09. The van der Waals surface area contributed by atoms with Crippen LogP contribution in [0.1, 0.15) is 53.9 Å². The zero-order chi connectivity index (χ0) is 14.8. The molecule has 0 aliphatic heterocycles. The van der Waals surface area contributed by atoms with Gasteiger partial charge in [0.1, 0.15) is 0 Å². The van der Waals surface area contributed by atoms with Gasteiger partial charge in [-0.3, -0.25) is 4.79 Å². The average Bonchev–Trinajstić information content (AvgIpc) is 2.95. The minimum atomic E-state index is -0.901. The standard InChI is InChI=1S/C14H26N2O3/c1-13(2,3)10(8-11(17)18)15-12(19)16-14(4,5)9-6-7-9/h9-10H,6-8H2,1-5H3,(H,17,18)(H2,15,16,19). The van der Waals surface area contributed by atoms with Crippen LogP contribution in [0.5, 0.6) is 0 Å². The van der Waals surface area contributed by atoms with Crippen molar-refractivity contribution in [2.24, 2.45) is 11.3 Å². The van der Waals surface area contributed by atoms with Gasteiger partial charge < -0.3 is 15.7 Å². The average molecular weight is 270 g/mol. The lowest BCUT2D eigenvalue weighted by Gasteiger charge is -2.33. The number of nitrogens with one attached hydrogen (secondary N) is 2. The van der Waals surface area contributed by atoms with Crippen molar-refractivity contribution in [2.75, 3.05) is 0 Å². The smallest absolute Gasteiger partial charge is 0.315 e. The number of amides is 2. The molecule has 19 heavy (non-hydrogen) atoms. The molecular weight excluding hydrogens is 244 g/mol. The highest BCUT2D eigenvalue weighted by Gasteiger charge is 2.39. The first kappa shape index (κ1) is 15.8. The van der Waals surface area contributed by atoms with E-state index in [0.717, 1.165) is 12.8 Å². The Balaban J connectivity index is 2.58. The van der Waals surface area contributed by atoms with E-state index >= 15 is 0 Å². The van der Waals surface area contributed by atoms with Gasteiger partial charge in [-0.1, -0.05) is 20.8 Å². The highest BCUT2D eigenvalue weighted by atomic mass is 16.4. The van der Waals surface area contributed by atoms with Crippen LogP contribution in [0, 0.1) is 11.3 Å². The van der Waals surface area contributed by atoms with Crippen LogP contribution in [0.25, 0.3) is 0 Å². The lowest BCUT2D eigenvalue weighted by Crippen LogP contribution is -2.55. The maximum Gasteiger partial charge on any atom is 0.315 e. The van der Waals surface area contributed by atoms with E-state index in [1.807, 2.05) is 34.6 Å². The highest BCUT2D eigenvalue weighted by molar-refractivity contribution is 5.76. The number of carbonyl (C=O) groups is 2. The predicted molar refractivity (Wildman–Crippen MR) is 74.0 cm³/mol. The summed E-state index contributed by atoms with van der Waals surface area (Å²) in [7, 11) is 0. The van der Waals surface area contributed by atoms with E-state index in [2.05, 4.69) is 10.6 Å². The van der Waals surface area contributed by atoms with Crippen molar-refractivity contribution in [3.05, 3.63) is 0 Å². The predicted octanol–water partition coefficient (Wildman–Crippen LogP) is 2.36. The van der Waals surface area contributed by atoms with Gasteiger partial charge in [-0.2, -0.15) is 0 Å². The molecule has 1 unspecified atom stereocenters. The SMILES string of the molecule is CC(C)(C)C(CC(=O)O)NC(=O)NC(C)(C)C1CC1. The van der Waals surface area contributed by atoms with Crippen molar-refractivity contribution in [2.45, 2.75) is 65.5 Å². The van der Waals surface area contributed by atoms with Crippen molar-refractivity contribution in [3.8, 4) is 0 Å². The van der Waals surface area contributed by atoms with E-state index in [1.165, 1.54) is 0 Å². The first-order valence-electron chi connectivity index (χ1n) is 6.83. The van der Waals surface area contributed by atoms with E-state index in [4.69, 9.17) is 5.11 Å².